The van der Waals surface area contributed by atoms with Crippen molar-refractivity contribution in [1.82, 2.24) is 4.98 Å². The summed E-state index contributed by atoms with van der Waals surface area (Å²) in [7, 11) is -4.86. The fourth-order valence-corrected chi connectivity index (χ4v) is 2.96. The molecule has 146 valence electrons. The highest BCUT2D eigenvalue weighted by Crippen LogP contribution is 2.39. The van der Waals surface area contributed by atoms with Gasteiger partial charge in [-0.25, -0.2) is 22.0 Å². The summed E-state index contributed by atoms with van der Waals surface area (Å²) >= 11 is 0. The fourth-order valence-electron chi connectivity index (χ4n) is 2.26. The number of aromatic nitrogens is 1. The molecule has 0 aliphatic heterocycles. The van der Waals surface area contributed by atoms with E-state index < -0.39 is 61.2 Å². The summed E-state index contributed by atoms with van der Waals surface area (Å²) in [6.45, 7) is 0. The lowest BCUT2D eigenvalue weighted by Crippen LogP contribution is -2.00. The Balaban J connectivity index is 2.26. The molecule has 28 heavy (non-hydrogen) atoms. The Kier molecular flexibility index (Phi) is 4.72. The maximum absolute atomic E-state index is 13.6. The van der Waals surface area contributed by atoms with Gasteiger partial charge in [0.1, 0.15) is 16.1 Å². The molecule has 1 aromatic heterocycles. The monoisotopic (exact) mass is 419 g/mol. The number of rotatable bonds is 3. The van der Waals surface area contributed by atoms with Crippen molar-refractivity contribution < 1.29 is 40.0 Å². The van der Waals surface area contributed by atoms with Gasteiger partial charge in [0.2, 0.25) is 5.82 Å². The SMILES string of the molecule is O=S(=O)(O)c1cc(/N=N/c2c(F)c(F)c(F)c(F)c2F)c(O)c2ncccc12. The third-order valence-corrected chi connectivity index (χ3v) is 4.42. The van der Waals surface area contributed by atoms with Gasteiger partial charge in [-0.3, -0.25) is 9.54 Å². The minimum Gasteiger partial charge on any atom is -0.504 e. The van der Waals surface area contributed by atoms with E-state index in [4.69, 9.17) is 0 Å². The molecule has 0 amide bonds. The highest BCUT2D eigenvalue weighted by molar-refractivity contribution is 7.86. The first-order chi connectivity index (χ1) is 13.0. The van der Waals surface area contributed by atoms with E-state index in [0.29, 0.717) is 6.07 Å². The molecule has 3 aromatic rings. The van der Waals surface area contributed by atoms with E-state index >= 15 is 0 Å². The molecular formula is C15H6F5N3O4S. The number of hydrogen-bond donors (Lipinski definition) is 2. The van der Waals surface area contributed by atoms with Crippen LogP contribution in [0.1, 0.15) is 0 Å². The van der Waals surface area contributed by atoms with Crippen molar-refractivity contribution in [3.05, 3.63) is 53.5 Å². The van der Waals surface area contributed by atoms with Crippen LogP contribution in [0.5, 0.6) is 5.75 Å². The molecular weight excluding hydrogens is 413 g/mol. The smallest absolute Gasteiger partial charge is 0.295 e. The van der Waals surface area contributed by atoms with Crippen LogP contribution in [-0.2, 0) is 10.1 Å². The maximum Gasteiger partial charge on any atom is 0.295 e. The number of hydrogen-bond acceptors (Lipinski definition) is 6. The first-order valence-corrected chi connectivity index (χ1v) is 8.49. The lowest BCUT2D eigenvalue weighted by atomic mass is 10.2. The van der Waals surface area contributed by atoms with Crippen molar-refractivity contribution in [3.63, 3.8) is 0 Å². The highest BCUT2D eigenvalue weighted by Gasteiger charge is 2.26. The van der Waals surface area contributed by atoms with Crippen LogP contribution in [0, 0.1) is 29.1 Å². The largest absolute Gasteiger partial charge is 0.504 e. The standard InChI is InChI=1S/C15H6F5N3O4S/c16-8-9(17)11(19)14(12(20)10(8)18)23-22-6-4-7(28(25,26)27)5-2-1-3-21-13(5)15(6)24/h1-4,24H,(H,25,26,27)/b23-22+. The Morgan fingerprint density at radius 2 is 1.50 bits per heavy atom. The summed E-state index contributed by atoms with van der Waals surface area (Å²) in [5.41, 5.74) is -2.79. The van der Waals surface area contributed by atoms with Crippen LogP contribution in [0.3, 0.4) is 0 Å². The molecule has 7 nitrogen and oxygen atoms in total. The third-order valence-electron chi connectivity index (χ3n) is 3.53. The molecule has 0 aliphatic carbocycles. The number of fused-ring (bicyclic) bond motifs is 1. The van der Waals surface area contributed by atoms with Crippen molar-refractivity contribution in [1.29, 1.82) is 0 Å². The average molecular weight is 419 g/mol. The Morgan fingerprint density at radius 1 is 0.929 bits per heavy atom. The zero-order chi connectivity index (χ0) is 20.8. The van der Waals surface area contributed by atoms with Gasteiger partial charge in [-0.05, 0) is 18.2 Å². The Bertz CT molecular complexity index is 1240. The number of pyridine rings is 1. The van der Waals surface area contributed by atoms with E-state index in [0.717, 1.165) is 6.20 Å². The van der Waals surface area contributed by atoms with Crippen LogP contribution >= 0.6 is 0 Å². The second-order valence-electron chi connectivity index (χ2n) is 5.24. The van der Waals surface area contributed by atoms with Gasteiger partial charge in [-0.2, -0.15) is 8.42 Å². The summed E-state index contributed by atoms with van der Waals surface area (Å²) in [5, 5.41) is 16.0. The van der Waals surface area contributed by atoms with Crippen molar-refractivity contribution >= 4 is 32.4 Å². The van der Waals surface area contributed by atoms with Crippen molar-refractivity contribution in [2.45, 2.75) is 4.90 Å². The molecule has 0 radical (unpaired) electrons. The molecule has 1 heterocycles. The molecule has 13 heteroatoms. The van der Waals surface area contributed by atoms with Crippen LogP contribution in [-0.4, -0.2) is 23.1 Å². The van der Waals surface area contributed by atoms with Gasteiger partial charge >= 0.3 is 0 Å². The number of phenolic OH excluding ortho intramolecular Hbond substituents is 1. The quantitative estimate of drug-likeness (QED) is 0.216. The van der Waals surface area contributed by atoms with Crippen molar-refractivity contribution in [3.8, 4) is 5.75 Å². The summed E-state index contributed by atoms with van der Waals surface area (Å²) in [6.07, 6.45) is 1.15. The number of halogens is 5. The fraction of sp³-hybridized carbons (Fsp3) is 0. The summed E-state index contributed by atoms with van der Waals surface area (Å²) < 4.78 is 99.1. The predicted octanol–water partition coefficient (Wildman–Crippen LogP) is 4.30. The Hall–Kier alpha value is -3.19. The van der Waals surface area contributed by atoms with Gasteiger partial charge in [-0.15, -0.1) is 10.2 Å². The summed E-state index contributed by atoms with van der Waals surface area (Å²) in [4.78, 5) is 2.92. The number of nitrogens with zero attached hydrogens (tertiary/aromatic N) is 3. The van der Waals surface area contributed by atoms with Crippen LogP contribution in [0.25, 0.3) is 10.9 Å². The van der Waals surface area contributed by atoms with E-state index in [1.165, 1.54) is 12.1 Å². The van der Waals surface area contributed by atoms with E-state index in [9.17, 15) is 40.0 Å². The minimum absolute atomic E-state index is 0.210. The molecule has 0 bridgehead atoms. The van der Waals surface area contributed by atoms with Crippen molar-refractivity contribution in [2.24, 2.45) is 10.2 Å². The zero-order valence-corrected chi connectivity index (χ0v) is 14.0. The Morgan fingerprint density at radius 3 is 2.07 bits per heavy atom. The van der Waals surface area contributed by atoms with Crippen molar-refractivity contribution in [2.75, 3.05) is 0 Å². The van der Waals surface area contributed by atoms with Gasteiger partial charge < -0.3 is 5.11 Å². The topological polar surface area (TPSA) is 112 Å². The molecule has 0 fully saturated rings. The zero-order valence-electron chi connectivity index (χ0n) is 13.2. The third kappa shape index (κ3) is 3.14. The molecule has 2 aromatic carbocycles. The first kappa shape index (κ1) is 19.6. The maximum atomic E-state index is 13.6. The predicted molar refractivity (Wildman–Crippen MR) is 83.6 cm³/mol. The average Bonchev–Trinajstić information content (AvgIpc) is 2.65. The first-order valence-electron chi connectivity index (χ1n) is 7.05. The number of azo groups is 1. The molecule has 0 saturated heterocycles. The van der Waals surface area contributed by atoms with Gasteiger partial charge in [0.05, 0.1) is 0 Å². The van der Waals surface area contributed by atoms with Gasteiger partial charge in [0, 0.05) is 11.6 Å². The number of phenols is 1. The number of benzene rings is 2. The summed E-state index contributed by atoms with van der Waals surface area (Å²) in [5.74, 6) is -12.3. The molecule has 0 unspecified atom stereocenters. The molecule has 0 aliphatic rings. The van der Waals surface area contributed by atoms with Crippen LogP contribution in [0.4, 0.5) is 33.3 Å². The van der Waals surface area contributed by atoms with Crippen LogP contribution in [0.2, 0.25) is 0 Å². The lowest BCUT2D eigenvalue weighted by molar-refractivity contribution is 0.380. The number of aromatic hydroxyl groups is 1. The van der Waals surface area contributed by atoms with E-state index in [-0.39, 0.29) is 10.9 Å². The van der Waals surface area contributed by atoms with E-state index in [1.54, 1.807) is 0 Å². The molecule has 2 N–H and O–H groups in total. The van der Waals surface area contributed by atoms with Gasteiger partial charge in [0.25, 0.3) is 10.1 Å². The second kappa shape index (κ2) is 6.76. The Labute approximate surface area is 152 Å². The normalized spacial score (nSPS) is 12.2. The van der Waals surface area contributed by atoms with Gasteiger partial charge in [-0.1, -0.05) is 0 Å². The molecule has 0 saturated carbocycles. The lowest BCUT2D eigenvalue weighted by Gasteiger charge is -2.07. The van der Waals surface area contributed by atoms with Crippen LogP contribution < -0.4 is 0 Å². The second-order valence-corrected chi connectivity index (χ2v) is 6.63. The van der Waals surface area contributed by atoms with Crippen LogP contribution in [0.15, 0.2) is 39.5 Å². The van der Waals surface area contributed by atoms with E-state index in [1.807, 2.05) is 0 Å². The minimum atomic E-state index is -4.86. The molecule has 0 atom stereocenters. The molecule has 0 spiro atoms. The highest BCUT2D eigenvalue weighted by atomic mass is 32.2. The van der Waals surface area contributed by atoms with E-state index in [2.05, 4.69) is 15.2 Å². The summed E-state index contributed by atoms with van der Waals surface area (Å²) in [6, 6.07) is 3.08. The van der Waals surface area contributed by atoms with Gasteiger partial charge in [0.15, 0.2) is 34.7 Å². The molecule has 3 rings (SSSR count).